The van der Waals surface area contributed by atoms with Gasteiger partial charge in [-0.2, -0.15) is 0 Å². The molecule has 0 saturated heterocycles. The summed E-state index contributed by atoms with van der Waals surface area (Å²) in [6.45, 7) is 4.55. The van der Waals surface area contributed by atoms with Crippen LogP contribution in [0.1, 0.15) is 69.0 Å². The SMILES string of the molecule is Cc1ccc(C(C)NC(=O)CCCNC(=O)NC2CCCCC2)cc1. The van der Waals surface area contributed by atoms with Gasteiger partial charge in [0.25, 0.3) is 0 Å². The topological polar surface area (TPSA) is 70.2 Å². The normalized spacial score (nSPS) is 16.1. The number of carbonyl (C=O) groups excluding carboxylic acids is 2. The summed E-state index contributed by atoms with van der Waals surface area (Å²) in [5, 5.41) is 8.86. The number of nitrogens with one attached hydrogen (secondary N) is 3. The van der Waals surface area contributed by atoms with E-state index in [0.29, 0.717) is 25.4 Å². The largest absolute Gasteiger partial charge is 0.350 e. The second-order valence-electron chi connectivity index (χ2n) is 7.04. The van der Waals surface area contributed by atoms with Crippen molar-refractivity contribution in [2.45, 2.75) is 70.9 Å². The summed E-state index contributed by atoms with van der Waals surface area (Å²) in [5.74, 6) is 0.0163. The van der Waals surface area contributed by atoms with Gasteiger partial charge < -0.3 is 16.0 Å². The fourth-order valence-electron chi connectivity index (χ4n) is 3.19. The van der Waals surface area contributed by atoms with Crippen LogP contribution in [-0.2, 0) is 4.79 Å². The molecular formula is C20H31N3O2. The van der Waals surface area contributed by atoms with Crippen LogP contribution in [0.25, 0.3) is 0 Å². The van der Waals surface area contributed by atoms with Gasteiger partial charge in [-0.15, -0.1) is 0 Å². The lowest BCUT2D eigenvalue weighted by atomic mass is 9.96. The predicted molar refractivity (Wildman–Crippen MR) is 100 cm³/mol. The molecule has 1 aromatic carbocycles. The van der Waals surface area contributed by atoms with Crippen molar-refractivity contribution < 1.29 is 9.59 Å². The molecule has 1 aromatic rings. The first kappa shape index (κ1) is 19.3. The molecular weight excluding hydrogens is 314 g/mol. The molecule has 1 saturated carbocycles. The van der Waals surface area contributed by atoms with Crippen molar-refractivity contribution in [1.29, 1.82) is 0 Å². The second-order valence-corrected chi connectivity index (χ2v) is 7.04. The lowest BCUT2D eigenvalue weighted by Crippen LogP contribution is -2.43. The minimum atomic E-state index is -0.111. The number of benzene rings is 1. The Bertz CT molecular complexity index is 551. The van der Waals surface area contributed by atoms with E-state index in [2.05, 4.69) is 16.0 Å². The molecule has 1 aliphatic carbocycles. The number of rotatable bonds is 7. The van der Waals surface area contributed by atoms with Gasteiger partial charge in [-0.3, -0.25) is 4.79 Å². The molecule has 25 heavy (non-hydrogen) atoms. The van der Waals surface area contributed by atoms with Gasteiger partial charge in [-0.25, -0.2) is 4.79 Å². The van der Waals surface area contributed by atoms with Crippen molar-refractivity contribution in [3.8, 4) is 0 Å². The first-order chi connectivity index (χ1) is 12.0. The van der Waals surface area contributed by atoms with Crippen molar-refractivity contribution >= 4 is 11.9 Å². The van der Waals surface area contributed by atoms with Crippen LogP contribution in [0, 0.1) is 6.92 Å². The number of hydrogen-bond acceptors (Lipinski definition) is 2. The summed E-state index contributed by atoms with van der Waals surface area (Å²) in [5.41, 5.74) is 2.31. The molecule has 0 aliphatic heterocycles. The third-order valence-electron chi connectivity index (χ3n) is 4.76. The smallest absolute Gasteiger partial charge is 0.315 e. The Morgan fingerprint density at radius 2 is 1.80 bits per heavy atom. The van der Waals surface area contributed by atoms with Crippen molar-refractivity contribution in [3.05, 3.63) is 35.4 Å². The van der Waals surface area contributed by atoms with Gasteiger partial charge >= 0.3 is 6.03 Å². The van der Waals surface area contributed by atoms with Crippen LogP contribution in [0.15, 0.2) is 24.3 Å². The molecule has 5 heteroatoms. The van der Waals surface area contributed by atoms with Crippen molar-refractivity contribution in [3.63, 3.8) is 0 Å². The zero-order valence-electron chi connectivity index (χ0n) is 15.4. The van der Waals surface area contributed by atoms with E-state index in [1.54, 1.807) is 0 Å². The lowest BCUT2D eigenvalue weighted by molar-refractivity contribution is -0.121. The first-order valence-corrected chi connectivity index (χ1v) is 9.45. The zero-order chi connectivity index (χ0) is 18.1. The average molecular weight is 345 g/mol. The van der Waals surface area contributed by atoms with E-state index in [0.717, 1.165) is 18.4 Å². The Hall–Kier alpha value is -2.04. The van der Waals surface area contributed by atoms with E-state index in [9.17, 15) is 9.59 Å². The Labute approximate surface area is 151 Å². The van der Waals surface area contributed by atoms with Crippen LogP contribution in [0.5, 0.6) is 0 Å². The molecule has 1 aliphatic rings. The van der Waals surface area contributed by atoms with E-state index in [-0.39, 0.29) is 18.0 Å². The Balaban J connectivity index is 1.58. The molecule has 2 rings (SSSR count). The number of amides is 3. The fourth-order valence-corrected chi connectivity index (χ4v) is 3.19. The van der Waals surface area contributed by atoms with Gasteiger partial charge in [0, 0.05) is 19.0 Å². The van der Waals surface area contributed by atoms with E-state index >= 15 is 0 Å². The standard InChI is InChI=1S/C20H31N3O2/c1-15-10-12-17(13-11-15)16(2)22-19(24)9-6-14-21-20(25)23-18-7-4-3-5-8-18/h10-13,16,18H,3-9,14H2,1-2H3,(H,22,24)(H2,21,23,25). The van der Waals surface area contributed by atoms with Crippen molar-refractivity contribution in [2.24, 2.45) is 0 Å². The van der Waals surface area contributed by atoms with Crippen molar-refractivity contribution in [1.82, 2.24) is 16.0 Å². The summed E-state index contributed by atoms with van der Waals surface area (Å²) >= 11 is 0. The van der Waals surface area contributed by atoms with Gasteiger partial charge in [0.2, 0.25) is 5.91 Å². The third-order valence-corrected chi connectivity index (χ3v) is 4.76. The van der Waals surface area contributed by atoms with Gasteiger partial charge in [0.15, 0.2) is 0 Å². The molecule has 3 N–H and O–H groups in total. The maximum atomic E-state index is 12.0. The highest BCUT2D eigenvalue weighted by molar-refractivity contribution is 5.77. The molecule has 5 nitrogen and oxygen atoms in total. The molecule has 3 amide bonds. The van der Waals surface area contributed by atoms with E-state index in [1.807, 2.05) is 38.1 Å². The molecule has 0 bridgehead atoms. The molecule has 0 heterocycles. The molecule has 1 unspecified atom stereocenters. The highest BCUT2D eigenvalue weighted by Crippen LogP contribution is 2.17. The van der Waals surface area contributed by atoms with Crippen LogP contribution < -0.4 is 16.0 Å². The summed E-state index contributed by atoms with van der Waals surface area (Å²) in [7, 11) is 0. The van der Waals surface area contributed by atoms with Crippen LogP contribution in [0.2, 0.25) is 0 Å². The van der Waals surface area contributed by atoms with Crippen LogP contribution in [0.3, 0.4) is 0 Å². The number of carbonyl (C=O) groups is 2. The van der Waals surface area contributed by atoms with Gasteiger partial charge in [-0.05, 0) is 38.7 Å². The molecule has 138 valence electrons. The maximum Gasteiger partial charge on any atom is 0.315 e. The third kappa shape index (κ3) is 7.16. The zero-order valence-corrected chi connectivity index (χ0v) is 15.4. The fraction of sp³-hybridized carbons (Fsp3) is 0.600. The van der Waals surface area contributed by atoms with Crippen molar-refractivity contribution in [2.75, 3.05) is 6.54 Å². The van der Waals surface area contributed by atoms with E-state index in [1.165, 1.54) is 24.8 Å². The van der Waals surface area contributed by atoms with E-state index < -0.39 is 0 Å². The Morgan fingerprint density at radius 3 is 2.48 bits per heavy atom. The average Bonchev–Trinajstić information content (AvgIpc) is 2.60. The molecule has 0 aromatic heterocycles. The lowest BCUT2D eigenvalue weighted by Gasteiger charge is -2.22. The number of aryl methyl sites for hydroxylation is 1. The highest BCUT2D eigenvalue weighted by Gasteiger charge is 2.15. The Morgan fingerprint density at radius 1 is 1.12 bits per heavy atom. The van der Waals surface area contributed by atoms with Gasteiger partial charge in [-0.1, -0.05) is 49.1 Å². The predicted octanol–water partition coefficient (Wildman–Crippen LogP) is 3.58. The number of urea groups is 1. The second kappa shape index (κ2) is 10.1. The quantitative estimate of drug-likeness (QED) is 0.661. The molecule has 0 radical (unpaired) electrons. The summed E-state index contributed by atoms with van der Waals surface area (Å²) in [4.78, 5) is 23.8. The number of hydrogen-bond donors (Lipinski definition) is 3. The van der Waals surface area contributed by atoms with Gasteiger partial charge in [0.05, 0.1) is 6.04 Å². The maximum absolute atomic E-state index is 12.0. The van der Waals surface area contributed by atoms with E-state index in [4.69, 9.17) is 0 Å². The summed E-state index contributed by atoms with van der Waals surface area (Å²) in [6, 6.07) is 8.37. The van der Waals surface area contributed by atoms with Crippen LogP contribution in [-0.4, -0.2) is 24.5 Å². The van der Waals surface area contributed by atoms with Crippen LogP contribution >= 0.6 is 0 Å². The van der Waals surface area contributed by atoms with Gasteiger partial charge in [0.1, 0.15) is 0 Å². The monoisotopic (exact) mass is 345 g/mol. The minimum absolute atomic E-state index is 0.00402. The highest BCUT2D eigenvalue weighted by atomic mass is 16.2. The minimum Gasteiger partial charge on any atom is -0.350 e. The molecule has 1 fully saturated rings. The first-order valence-electron chi connectivity index (χ1n) is 9.45. The summed E-state index contributed by atoms with van der Waals surface area (Å²) < 4.78 is 0. The molecule has 0 spiro atoms. The van der Waals surface area contributed by atoms with Crippen LogP contribution in [0.4, 0.5) is 4.79 Å². The molecule has 1 atom stereocenters. The Kier molecular flexibility index (Phi) is 7.76. The summed E-state index contributed by atoms with van der Waals surface area (Å²) in [6.07, 6.45) is 6.88.